The molecular formula is C6H20N4O20P6. The first kappa shape index (κ1) is 35.6. The Morgan fingerprint density at radius 2 is 0.972 bits per heavy atom. The normalized spacial score (nSPS) is 40.9. The molecule has 13 N–H and O–H groups in total. The van der Waals surface area contributed by atoms with Crippen LogP contribution in [0.4, 0.5) is 0 Å². The van der Waals surface area contributed by atoms with Crippen LogP contribution in [0.5, 0.6) is 0 Å². The summed E-state index contributed by atoms with van der Waals surface area (Å²) in [6.07, 6.45) is 0.975. The van der Waals surface area contributed by atoms with Gasteiger partial charge in [-0.2, -0.15) is 25.9 Å². The van der Waals surface area contributed by atoms with Crippen molar-refractivity contribution in [1.82, 2.24) is 5.32 Å². The first-order chi connectivity index (χ1) is 15.8. The molecule has 0 aromatic heterocycles. The van der Waals surface area contributed by atoms with E-state index in [0.29, 0.717) is 19.4 Å². The van der Waals surface area contributed by atoms with Crippen LogP contribution in [0.15, 0.2) is 0 Å². The van der Waals surface area contributed by atoms with Crippen molar-refractivity contribution >= 4 is 58.9 Å². The quantitative estimate of drug-likeness (QED) is 0.0760. The van der Waals surface area contributed by atoms with Crippen LogP contribution in [-0.2, 0) is 58.0 Å². The van der Waals surface area contributed by atoms with E-state index in [0.717, 1.165) is 0 Å². The molecule has 1 aliphatic rings. The minimum absolute atomic E-state index is 0.112. The summed E-state index contributed by atoms with van der Waals surface area (Å²) >= 11 is 0. The molecule has 0 saturated carbocycles. The summed E-state index contributed by atoms with van der Waals surface area (Å²) in [7, 11) is -36.7. The first-order valence-electron chi connectivity index (χ1n) is 8.09. The fraction of sp³-hybridized carbons (Fsp3) is 0.667. The highest BCUT2D eigenvalue weighted by atomic mass is 31.3. The Morgan fingerprint density at radius 1 is 0.722 bits per heavy atom. The van der Waals surface area contributed by atoms with Gasteiger partial charge in [-0.1, -0.05) is 0 Å². The van der Waals surface area contributed by atoms with Crippen LogP contribution in [0.3, 0.4) is 0 Å². The lowest BCUT2D eigenvalue weighted by atomic mass is 10.2. The van der Waals surface area contributed by atoms with Gasteiger partial charge in [-0.3, -0.25) is 10.2 Å². The topological polar surface area (TPSA) is 404 Å². The van der Waals surface area contributed by atoms with Gasteiger partial charge in [-0.25, -0.2) is 27.4 Å². The third-order valence-electron chi connectivity index (χ3n) is 2.56. The second kappa shape index (κ2) is 13.1. The van der Waals surface area contributed by atoms with Crippen LogP contribution >= 0.6 is 46.9 Å². The zero-order chi connectivity index (χ0) is 28.8. The number of carboxylic acids is 1. The third-order valence-corrected chi connectivity index (χ3v) is 12.5. The lowest BCUT2D eigenvalue weighted by Gasteiger charge is -2.23. The predicted octanol–water partition coefficient (Wildman–Crippen LogP) is -0.636. The van der Waals surface area contributed by atoms with Crippen LogP contribution in [-0.4, -0.2) is 59.0 Å². The molecule has 1 saturated heterocycles. The summed E-state index contributed by atoms with van der Waals surface area (Å²) in [6.45, 7) is 0.482. The maximum absolute atomic E-state index is 11.2. The molecule has 1 aliphatic heterocycles. The molecule has 24 nitrogen and oxygen atoms in total. The molecular weight excluding hydrogens is 634 g/mol. The largest absolute Gasteiger partial charge is 0.490 e. The Kier molecular flexibility index (Phi) is 13.0. The van der Waals surface area contributed by atoms with E-state index in [-0.39, 0.29) is 5.96 Å². The number of nitrogens with one attached hydrogen (secondary N) is 2. The lowest BCUT2D eigenvalue weighted by Crippen LogP contribution is -2.34. The zero-order valence-corrected chi connectivity index (χ0v) is 22.3. The molecule has 1 heterocycles. The minimum Gasteiger partial charge on any atom is -0.480 e. The molecule has 1 rings (SSSR count). The van der Waals surface area contributed by atoms with Crippen molar-refractivity contribution in [3.05, 3.63) is 0 Å². The Morgan fingerprint density at radius 3 is 1.17 bits per heavy atom. The van der Waals surface area contributed by atoms with Crippen molar-refractivity contribution < 1.29 is 92.5 Å². The first-order valence-corrected chi connectivity index (χ1v) is 17.1. The Labute approximate surface area is 199 Å². The van der Waals surface area contributed by atoms with Crippen molar-refractivity contribution in [2.75, 3.05) is 6.54 Å². The van der Waals surface area contributed by atoms with Gasteiger partial charge in [0.1, 0.15) is 6.04 Å². The number of aliphatic carboxylic acids is 1. The maximum atomic E-state index is 11.2. The number of carboxylic acid groups (broad SMARTS) is 1. The van der Waals surface area contributed by atoms with E-state index < -0.39 is 58.9 Å². The number of guanidine groups is 1. The average Bonchev–Trinajstić information content (AvgIpc) is 2.50. The smallest absolute Gasteiger partial charge is 0.480 e. The molecule has 0 amide bonds. The standard InChI is InChI=1S/C6H14N4O2.H6O18P6/c7-4(5(11)12)2-1-3-10-6(8)9;1-19(2)13-20(3,4)15-22(7,8)17-24(11,12)18-23(9,10)16-21(5,6)14-19/h4H,1-3,7H2,(H,11,12)(H4,8,9,10);(H,1,2)(H,3,4)(H,5,6)(H,7,8)(H,9,10)(H,11,12)/t4-;/m0./s1. The van der Waals surface area contributed by atoms with E-state index in [9.17, 15) is 32.2 Å². The zero-order valence-electron chi connectivity index (χ0n) is 17.0. The Balaban J connectivity index is 0.000000860. The highest BCUT2D eigenvalue weighted by Gasteiger charge is 2.53. The highest BCUT2D eigenvalue weighted by Crippen LogP contribution is 2.79. The highest BCUT2D eigenvalue weighted by molar-refractivity contribution is 7.75. The number of carbonyl (C=O) groups is 1. The summed E-state index contributed by atoms with van der Waals surface area (Å²) in [6, 6.07) is -0.821. The molecule has 0 radical (unpaired) electrons. The second-order valence-corrected chi connectivity index (χ2v) is 15.3. The van der Waals surface area contributed by atoms with E-state index in [1.165, 1.54) is 0 Å². The van der Waals surface area contributed by atoms with E-state index in [1.807, 2.05) is 0 Å². The van der Waals surface area contributed by atoms with Crippen molar-refractivity contribution in [3.8, 4) is 0 Å². The van der Waals surface area contributed by atoms with E-state index >= 15 is 0 Å². The maximum Gasteiger partial charge on any atom is 0.490 e. The molecule has 0 unspecified atom stereocenters. The Hall–Kier alpha value is -0.400. The van der Waals surface area contributed by atoms with Gasteiger partial charge in [0.25, 0.3) is 0 Å². The lowest BCUT2D eigenvalue weighted by molar-refractivity contribution is -0.138. The van der Waals surface area contributed by atoms with Crippen LogP contribution in [0.2, 0.25) is 0 Å². The average molecular weight is 654 g/mol. The van der Waals surface area contributed by atoms with Gasteiger partial charge in [0, 0.05) is 6.54 Å². The molecule has 0 aromatic rings. The third kappa shape index (κ3) is 16.4. The van der Waals surface area contributed by atoms with Crippen LogP contribution in [0, 0.1) is 5.41 Å². The van der Waals surface area contributed by atoms with Gasteiger partial charge in [0.2, 0.25) is 0 Å². The number of hydrogen-bond acceptors (Lipinski definition) is 15. The molecule has 0 bridgehead atoms. The second-order valence-electron chi connectivity index (χ2n) is 5.73. The van der Waals surface area contributed by atoms with Gasteiger partial charge in [0.15, 0.2) is 5.96 Å². The molecule has 0 spiro atoms. The molecule has 214 valence electrons. The van der Waals surface area contributed by atoms with Crippen molar-refractivity contribution in [3.63, 3.8) is 0 Å². The van der Waals surface area contributed by atoms with E-state index in [2.05, 4.69) is 31.2 Å². The minimum atomic E-state index is -6.11. The molecule has 0 aliphatic carbocycles. The molecule has 30 heteroatoms. The fourth-order valence-electron chi connectivity index (χ4n) is 1.54. The molecule has 1 atom stereocenters. The number of nitrogens with two attached hydrogens (primary N) is 2. The molecule has 0 aromatic carbocycles. The van der Waals surface area contributed by atoms with Gasteiger partial charge in [0.05, 0.1) is 0 Å². The van der Waals surface area contributed by atoms with E-state index in [1.54, 1.807) is 0 Å². The molecule has 36 heavy (non-hydrogen) atoms. The number of rotatable bonds is 5. The summed E-state index contributed by atoms with van der Waals surface area (Å²) < 4.78 is 86.9. The number of hydrogen-bond donors (Lipinski definition) is 11. The van der Waals surface area contributed by atoms with Gasteiger partial charge in [-0.15, -0.1) is 0 Å². The predicted molar refractivity (Wildman–Crippen MR) is 110 cm³/mol. The summed E-state index contributed by atoms with van der Waals surface area (Å²) in [5.74, 6) is -1.11. The SMILES string of the molecule is N=C(N)NCCC[C@H](N)C(=O)O.O=P1(O)OP(=O)(O)OP(=O)(O)OP(=O)(O)OP(=O)(O)OP(=O)(O)O1. The summed E-state index contributed by atoms with van der Waals surface area (Å²) in [4.78, 5) is 63.8. The van der Waals surface area contributed by atoms with Crippen LogP contribution in [0.1, 0.15) is 12.8 Å². The van der Waals surface area contributed by atoms with Crippen LogP contribution < -0.4 is 16.8 Å². The van der Waals surface area contributed by atoms with Crippen molar-refractivity contribution in [2.45, 2.75) is 18.9 Å². The van der Waals surface area contributed by atoms with Crippen LogP contribution in [0.25, 0.3) is 0 Å². The number of phosphoric acid groups is 6. The van der Waals surface area contributed by atoms with Gasteiger partial charge in [-0.05, 0) is 12.8 Å². The van der Waals surface area contributed by atoms with Gasteiger partial charge < -0.3 is 51.3 Å². The summed E-state index contributed by atoms with van der Waals surface area (Å²) in [5.41, 5.74) is 10.2. The molecule has 1 fully saturated rings. The van der Waals surface area contributed by atoms with Gasteiger partial charge >= 0.3 is 52.9 Å². The van der Waals surface area contributed by atoms with Crippen molar-refractivity contribution in [1.29, 1.82) is 5.41 Å². The summed E-state index contributed by atoms with van der Waals surface area (Å²) in [5, 5.41) is 17.7. The Bertz CT molecular complexity index is 900. The van der Waals surface area contributed by atoms with Crippen molar-refractivity contribution in [2.24, 2.45) is 11.5 Å². The fourth-order valence-corrected chi connectivity index (χ4v) is 10.1. The van der Waals surface area contributed by atoms with E-state index in [4.69, 9.17) is 51.3 Å². The monoisotopic (exact) mass is 654 g/mol.